The second-order valence-corrected chi connectivity index (χ2v) is 9.42. The fraction of sp³-hybridized carbons (Fsp3) is 0.944. The van der Waals surface area contributed by atoms with Crippen LogP contribution < -0.4 is 5.32 Å². The molecule has 0 radical (unpaired) electrons. The van der Waals surface area contributed by atoms with Crippen LogP contribution in [0.5, 0.6) is 0 Å². The van der Waals surface area contributed by atoms with Gasteiger partial charge in [0.15, 0.2) is 0 Å². The second kappa shape index (κ2) is 7.58. The number of amides is 1. The Labute approximate surface area is 146 Å². The van der Waals surface area contributed by atoms with Gasteiger partial charge in [-0.15, -0.1) is 0 Å². The summed E-state index contributed by atoms with van der Waals surface area (Å²) < 4.78 is 5.18. The molecular weight excluding hydrogens is 308 g/mol. The predicted molar refractivity (Wildman–Crippen MR) is 94.9 cm³/mol. The molecule has 1 amide bonds. The summed E-state index contributed by atoms with van der Waals surface area (Å²) in [6, 6.07) is 0. The van der Waals surface area contributed by atoms with E-state index in [1.807, 2.05) is 0 Å². The van der Waals surface area contributed by atoms with E-state index in [1.165, 1.54) is 0 Å². The van der Waals surface area contributed by atoms with Crippen molar-refractivity contribution in [2.45, 2.75) is 72.2 Å². The molecule has 0 aromatic rings. The standard InChI is InChI=1S/C18H36N2O4/c1-16(2,3)13-8-9-20(10-14(13)21)12-18(7,23)11-19-15(22)24-17(4,5)6/h13-14,21,23H,8-12H2,1-7H3,(H,19,22)/t13-,14+,18+/m1/s1. The molecule has 1 fully saturated rings. The Hall–Kier alpha value is -0.850. The van der Waals surface area contributed by atoms with Crippen molar-refractivity contribution < 1.29 is 19.7 Å². The van der Waals surface area contributed by atoms with Crippen molar-refractivity contribution >= 4 is 6.09 Å². The topological polar surface area (TPSA) is 82.0 Å². The summed E-state index contributed by atoms with van der Waals surface area (Å²) in [6.07, 6.45) is -0.0251. The number of aliphatic hydroxyl groups excluding tert-OH is 1. The first-order valence-corrected chi connectivity index (χ1v) is 8.79. The van der Waals surface area contributed by atoms with Crippen molar-refractivity contribution in [3.8, 4) is 0 Å². The van der Waals surface area contributed by atoms with Gasteiger partial charge in [0, 0.05) is 13.1 Å². The predicted octanol–water partition coefficient (Wildman–Crippen LogP) is 1.99. The summed E-state index contributed by atoms with van der Waals surface area (Å²) in [7, 11) is 0. The minimum absolute atomic E-state index is 0.0757. The first-order chi connectivity index (χ1) is 10.7. The number of alkyl carbamates (subject to hydrolysis) is 1. The van der Waals surface area contributed by atoms with E-state index in [4.69, 9.17) is 4.74 Å². The van der Waals surface area contributed by atoms with E-state index >= 15 is 0 Å². The fourth-order valence-corrected chi connectivity index (χ4v) is 3.27. The molecule has 0 aromatic carbocycles. The van der Waals surface area contributed by atoms with E-state index in [2.05, 4.69) is 31.0 Å². The van der Waals surface area contributed by atoms with Gasteiger partial charge in [-0.25, -0.2) is 4.79 Å². The van der Waals surface area contributed by atoms with Gasteiger partial charge < -0.3 is 20.3 Å². The Balaban J connectivity index is 2.46. The number of piperidine rings is 1. The summed E-state index contributed by atoms with van der Waals surface area (Å²) >= 11 is 0. The van der Waals surface area contributed by atoms with E-state index in [9.17, 15) is 15.0 Å². The number of aliphatic hydroxyl groups is 2. The van der Waals surface area contributed by atoms with Crippen LogP contribution in [0.15, 0.2) is 0 Å². The number of β-amino-alcohol motifs (C(OH)–C–C–N with tert-alkyl or cyclic N) is 2. The van der Waals surface area contributed by atoms with Gasteiger partial charge in [-0.2, -0.15) is 0 Å². The lowest BCUT2D eigenvalue weighted by Gasteiger charge is -2.44. The van der Waals surface area contributed by atoms with Gasteiger partial charge in [0.05, 0.1) is 18.2 Å². The molecule has 1 aliphatic heterocycles. The van der Waals surface area contributed by atoms with Crippen LogP contribution in [-0.2, 0) is 4.74 Å². The summed E-state index contributed by atoms with van der Waals surface area (Å²) in [5.41, 5.74) is -1.56. The van der Waals surface area contributed by atoms with Crippen molar-refractivity contribution in [3.63, 3.8) is 0 Å². The van der Waals surface area contributed by atoms with E-state index < -0.39 is 23.4 Å². The molecule has 6 heteroatoms. The van der Waals surface area contributed by atoms with Crippen LogP contribution in [0.2, 0.25) is 0 Å². The molecule has 1 heterocycles. The van der Waals surface area contributed by atoms with E-state index in [0.717, 1.165) is 13.0 Å². The van der Waals surface area contributed by atoms with Gasteiger partial charge in [0.2, 0.25) is 0 Å². The van der Waals surface area contributed by atoms with Crippen molar-refractivity contribution in [3.05, 3.63) is 0 Å². The summed E-state index contributed by atoms with van der Waals surface area (Å²) in [4.78, 5) is 13.8. The van der Waals surface area contributed by atoms with E-state index in [-0.39, 0.29) is 17.9 Å². The van der Waals surface area contributed by atoms with Gasteiger partial charge >= 0.3 is 6.09 Å². The Bertz CT molecular complexity index is 424. The Morgan fingerprint density at radius 1 is 1.21 bits per heavy atom. The lowest BCUT2D eigenvalue weighted by atomic mass is 9.73. The monoisotopic (exact) mass is 344 g/mol. The molecule has 0 aliphatic carbocycles. The lowest BCUT2D eigenvalue weighted by Crippen LogP contribution is -2.54. The smallest absolute Gasteiger partial charge is 0.407 e. The number of ether oxygens (including phenoxy) is 1. The lowest BCUT2D eigenvalue weighted by molar-refractivity contribution is -0.0527. The minimum Gasteiger partial charge on any atom is -0.444 e. The second-order valence-electron chi connectivity index (χ2n) is 9.42. The van der Waals surface area contributed by atoms with Crippen LogP contribution in [0, 0.1) is 11.3 Å². The summed E-state index contributed by atoms with van der Waals surface area (Å²) in [6.45, 7) is 15.4. The zero-order valence-corrected chi connectivity index (χ0v) is 16.3. The third-order valence-corrected chi connectivity index (χ3v) is 4.36. The molecule has 1 aliphatic rings. The highest BCUT2D eigenvalue weighted by Gasteiger charge is 2.37. The SMILES string of the molecule is CC(C)(C)OC(=O)NC[C@](C)(O)CN1CC[C@@H](C(C)(C)C)[C@@H](O)C1. The van der Waals surface area contributed by atoms with Crippen LogP contribution in [0.25, 0.3) is 0 Å². The van der Waals surface area contributed by atoms with Gasteiger partial charge in [-0.05, 0) is 52.0 Å². The normalized spacial score (nSPS) is 25.9. The maximum atomic E-state index is 11.7. The molecule has 142 valence electrons. The summed E-state index contributed by atoms with van der Waals surface area (Å²) in [5.74, 6) is 0.263. The first kappa shape index (κ1) is 21.2. The van der Waals surface area contributed by atoms with Crippen molar-refractivity contribution in [2.75, 3.05) is 26.2 Å². The average molecular weight is 344 g/mol. The molecule has 1 saturated heterocycles. The third-order valence-electron chi connectivity index (χ3n) is 4.36. The molecule has 3 N–H and O–H groups in total. The maximum Gasteiger partial charge on any atom is 0.407 e. The Morgan fingerprint density at radius 3 is 2.25 bits per heavy atom. The van der Waals surface area contributed by atoms with Gasteiger partial charge in [0.25, 0.3) is 0 Å². The molecule has 0 bridgehead atoms. The Morgan fingerprint density at radius 2 is 1.79 bits per heavy atom. The zero-order valence-electron chi connectivity index (χ0n) is 16.3. The third kappa shape index (κ3) is 7.36. The molecule has 24 heavy (non-hydrogen) atoms. The number of hydrogen-bond acceptors (Lipinski definition) is 5. The first-order valence-electron chi connectivity index (χ1n) is 8.79. The number of carbonyl (C=O) groups excluding carboxylic acids is 1. The molecule has 1 rings (SSSR count). The van der Waals surface area contributed by atoms with Crippen molar-refractivity contribution in [1.82, 2.24) is 10.2 Å². The number of hydrogen-bond donors (Lipinski definition) is 3. The van der Waals surface area contributed by atoms with Crippen molar-refractivity contribution in [1.29, 1.82) is 0 Å². The fourth-order valence-electron chi connectivity index (χ4n) is 3.27. The van der Waals surface area contributed by atoms with Crippen LogP contribution in [-0.4, -0.2) is 64.7 Å². The Kier molecular flexibility index (Phi) is 6.70. The van der Waals surface area contributed by atoms with Crippen LogP contribution in [0.4, 0.5) is 4.79 Å². The molecule has 3 atom stereocenters. The maximum absolute atomic E-state index is 11.7. The summed E-state index contributed by atoms with van der Waals surface area (Å²) in [5, 5.41) is 23.5. The number of rotatable bonds is 4. The van der Waals surface area contributed by atoms with Crippen LogP contribution in [0.3, 0.4) is 0 Å². The molecule has 0 spiro atoms. The van der Waals surface area contributed by atoms with Crippen molar-refractivity contribution in [2.24, 2.45) is 11.3 Å². The largest absolute Gasteiger partial charge is 0.444 e. The van der Waals surface area contributed by atoms with Gasteiger partial charge in [-0.3, -0.25) is 4.90 Å². The average Bonchev–Trinajstić information content (AvgIpc) is 2.32. The molecular formula is C18H36N2O4. The van der Waals surface area contributed by atoms with Crippen LogP contribution >= 0.6 is 0 Å². The molecule has 0 aromatic heterocycles. The highest BCUT2D eigenvalue weighted by Crippen LogP contribution is 2.34. The molecule has 0 unspecified atom stereocenters. The molecule has 0 saturated carbocycles. The number of nitrogens with zero attached hydrogens (tertiary/aromatic N) is 1. The molecule has 6 nitrogen and oxygen atoms in total. The highest BCUT2D eigenvalue weighted by atomic mass is 16.6. The number of nitrogens with one attached hydrogen (secondary N) is 1. The zero-order chi connectivity index (χ0) is 18.8. The minimum atomic E-state index is -1.08. The number of carbonyl (C=O) groups is 1. The quantitative estimate of drug-likeness (QED) is 0.726. The van der Waals surface area contributed by atoms with Crippen LogP contribution in [0.1, 0.15) is 54.9 Å². The van der Waals surface area contributed by atoms with E-state index in [0.29, 0.717) is 13.1 Å². The van der Waals surface area contributed by atoms with E-state index in [1.54, 1.807) is 27.7 Å². The van der Waals surface area contributed by atoms with Gasteiger partial charge in [-0.1, -0.05) is 20.8 Å². The highest BCUT2D eigenvalue weighted by molar-refractivity contribution is 5.67. The van der Waals surface area contributed by atoms with Gasteiger partial charge in [0.1, 0.15) is 5.60 Å². The number of likely N-dealkylation sites (tertiary alicyclic amines) is 1.